The number of allylic oxidation sites excluding steroid dienone is 5. The van der Waals surface area contributed by atoms with E-state index < -0.39 is 0 Å². The lowest BCUT2D eigenvalue weighted by molar-refractivity contribution is 1.50. The van der Waals surface area contributed by atoms with E-state index in [-0.39, 0.29) is 0 Å². The first-order valence-corrected chi connectivity index (χ1v) is 3.43. The number of thiol groups is 1. The van der Waals surface area contributed by atoms with Crippen molar-refractivity contribution in [1.82, 2.24) is 0 Å². The van der Waals surface area contributed by atoms with Crippen molar-refractivity contribution in [2.24, 2.45) is 0 Å². The molecule has 0 saturated carbocycles. The summed E-state index contributed by atoms with van der Waals surface area (Å²) in [5.74, 6) is 0. The van der Waals surface area contributed by atoms with Gasteiger partial charge in [0.05, 0.1) is 0 Å². The Morgan fingerprint density at radius 3 is 2.56 bits per heavy atom. The summed E-state index contributed by atoms with van der Waals surface area (Å²) in [6.45, 7) is 4.05. The van der Waals surface area contributed by atoms with E-state index in [1.54, 1.807) is 5.41 Å². The fourth-order valence-corrected chi connectivity index (χ4v) is 0.599. The quantitative estimate of drug-likeness (QED) is 0.442. The second-order valence-electron chi connectivity index (χ2n) is 1.75. The molecule has 9 heavy (non-hydrogen) atoms. The SMILES string of the molecule is C\C=C/C(C)=C\C=C\S. The summed E-state index contributed by atoms with van der Waals surface area (Å²) < 4.78 is 0. The molecule has 0 aliphatic rings. The van der Waals surface area contributed by atoms with Gasteiger partial charge in [-0.05, 0) is 19.3 Å². The Hall–Kier alpha value is -0.430. The molecule has 0 aromatic carbocycles. The average Bonchev–Trinajstić information content (AvgIpc) is 1.85. The average molecular weight is 140 g/mol. The molecule has 0 aliphatic heterocycles. The van der Waals surface area contributed by atoms with Gasteiger partial charge in [-0.3, -0.25) is 0 Å². The molecule has 0 radical (unpaired) electrons. The van der Waals surface area contributed by atoms with Crippen LogP contribution in [0.2, 0.25) is 0 Å². The third kappa shape index (κ3) is 5.44. The van der Waals surface area contributed by atoms with Gasteiger partial charge in [0.2, 0.25) is 0 Å². The maximum absolute atomic E-state index is 3.91. The lowest BCUT2D eigenvalue weighted by Crippen LogP contribution is -1.62. The predicted molar refractivity (Wildman–Crippen MR) is 46.7 cm³/mol. The van der Waals surface area contributed by atoms with Crippen LogP contribution in [0.1, 0.15) is 13.8 Å². The van der Waals surface area contributed by atoms with Gasteiger partial charge in [0.15, 0.2) is 0 Å². The monoisotopic (exact) mass is 140 g/mol. The Labute approximate surface area is 62.4 Å². The number of rotatable bonds is 2. The highest BCUT2D eigenvalue weighted by Crippen LogP contribution is 1.94. The molecule has 0 nitrogen and oxygen atoms in total. The van der Waals surface area contributed by atoms with Gasteiger partial charge in [-0.25, -0.2) is 0 Å². The third-order valence-corrected chi connectivity index (χ3v) is 1.05. The van der Waals surface area contributed by atoms with Crippen LogP contribution < -0.4 is 0 Å². The minimum Gasteiger partial charge on any atom is -0.151 e. The van der Waals surface area contributed by atoms with E-state index in [4.69, 9.17) is 0 Å². The van der Waals surface area contributed by atoms with Crippen LogP contribution in [0.3, 0.4) is 0 Å². The van der Waals surface area contributed by atoms with E-state index in [0.717, 1.165) is 0 Å². The van der Waals surface area contributed by atoms with E-state index in [0.29, 0.717) is 0 Å². The van der Waals surface area contributed by atoms with Crippen molar-refractivity contribution in [3.8, 4) is 0 Å². The summed E-state index contributed by atoms with van der Waals surface area (Å²) in [7, 11) is 0. The van der Waals surface area contributed by atoms with E-state index in [1.165, 1.54) is 5.57 Å². The summed E-state index contributed by atoms with van der Waals surface area (Å²) >= 11 is 3.91. The molecule has 0 spiro atoms. The zero-order valence-corrected chi connectivity index (χ0v) is 6.73. The second kappa shape index (κ2) is 5.70. The maximum Gasteiger partial charge on any atom is -0.0324 e. The van der Waals surface area contributed by atoms with Crippen LogP contribution in [-0.2, 0) is 0 Å². The standard InChI is InChI=1S/C8H12S/c1-3-5-8(2)6-4-7-9/h3-7,9H,1-2H3/b5-3-,7-4+,8-6-. The molecule has 0 heterocycles. The van der Waals surface area contributed by atoms with Crippen molar-refractivity contribution in [3.63, 3.8) is 0 Å². The van der Waals surface area contributed by atoms with Gasteiger partial charge < -0.3 is 0 Å². The van der Waals surface area contributed by atoms with E-state index >= 15 is 0 Å². The molecule has 0 aromatic rings. The summed E-state index contributed by atoms with van der Waals surface area (Å²) in [6.07, 6.45) is 7.97. The topological polar surface area (TPSA) is 0 Å². The van der Waals surface area contributed by atoms with Gasteiger partial charge >= 0.3 is 0 Å². The summed E-state index contributed by atoms with van der Waals surface area (Å²) in [5, 5.41) is 1.72. The van der Waals surface area contributed by atoms with Crippen LogP contribution in [-0.4, -0.2) is 0 Å². The van der Waals surface area contributed by atoms with E-state index in [1.807, 2.05) is 38.2 Å². The first-order chi connectivity index (χ1) is 4.31. The molecule has 0 N–H and O–H groups in total. The predicted octanol–water partition coefficient (Wildman–Crippen LogP) is 2.95. The van der Waals surface area contributed by atoms with Gasteiger partial charge in [-0.2, -0.15) is 12.6 Å². The fraction of sp³-hybridized carbons (Fsp3) is 0.250. The van der Waals surface area contributed by atoms with Crippen LogP contribution in [0.15, 0.2) is 35.3 Å². The lowest BCUT2D eigenvalue weighted by atomic mass is 10.2. The number of hydrogen-bond donors (Lipinski definition) is 1. The highest BCUT2D eigenvalue weighted by molar-refractivity contribution is 7.83. The fourth-order valence-electron chi connectivity index (χ4n) is 0.513. The zero-order chi connectivity index (χ0) is 7.11. The Kier molecular flexibility index (Phi) is 5.43. The van der Waals surface area contributed by atoms with Crippen molar-refractivity contribution in [1.29, 1.82) is 0 Å². The van der Waals surface area contributed by atoms with Crippen molar-refractivity contribution in [3.05, 3.63) is 35.3 Å². The summed E-state index contributed by atoms with van der Waals surface area (Å²) in [4.78, 5) is 0. The first kappa shape index (κ1) is 8.57. The smallest absolute Gasteiger partial charge is 0.0324 e. The highest BCUT2D eigenvalue weighted by atomic mass is 32.1. The zero-order valence-electron chi connectivity index (χ0n) is 5.83. The van der Waals surface area contributed by atoms with Crippen LogP contribution in [0.5, 0.6) is 0 Å². The van der Waals surface area contributed by atoms with Gasteiger partial charge in [0.25, 0.3) is 0 Å². The summed E-state index contributed by atoms with van der Waals surface area (Å²) in [6, 6.07) is 0. The van der Waals surface area contributed by atoms with Gasteiger partial charge in [0.1, 0.15) is 0 Å². The molecule has 0 fully saturated rings. The molecular formula is C8H12S. The minimum atomic E-state index is 1.24. The Balaban J connectivity index is 3.84. The molecule has 0 aromatic heterocycles. The largest absolute Gasteiger partial charge is 0.151 e. The normalized spacial score (nSPS) is 13.9. The van der Waals surface area contributed by atoms with Crippen molar-refractivity contribution >= 4 is 12.6 Å². The van der Waals surface area contributed by atoms with Gasteiger partial charge in [-0.1, -0.05) is 29.9 Å². The highest BCUT2D eigenvalue weighted by Gasteiger charge is 1.72. The molecule has 0 rings (SSSR count). The second-order valence-corrected chi connectivity index (χ2v) is 2.05. The maximum atomic E-state index is 3.91. The van der Waals surface area contributed by atoms with Crippen LogP contribution >= 0.6 is 12.6 Å². The van der Waals surface area contributed by atoms with E-state index in [2.05, 4.69) is 12.6 Å². The molecule has 0 unspecified atom stereocenters. The molecule has 0 aliphatic carbocycles. The van der Waals surface area contributed by atoms with E-state index in [9.17, 15) is 0 Å². The molecule has 0 atom stereocenters. The van der Waals surface area contributed by atoms with Crippen molar-refractivity contribution in [2.45, 2.75) is 13.8 Å². The third-order valence-electron chi connectivity index (χ3n) is 0.875. The molecule has 0 amide bonds. The molecule has 1 heteroatoms. The lowest BCUT2D eigenvalue weighted by Gasteiger charge is -1.83. The number of hydrogen-bond acceptors (Lipinski definition) is 1. The molecule has 0 bridgehead atoms. The van der Waals surface area contributed by atoms with Gasteiger partial charge in [0, 0.05) is 0 Å². The van der Waals surface area contributed by atoms with Crippen molar-refractivity contribution in [2.75, 3.05) is 0 Å². The Morgan fingerprint density at radius 2 is 2.11 bits per heavy atom. The minimum absolute atomic E-state index is 1.24. The Bertz CT molecular complexity index is 141. The Morgan fingerprint density at radius 1 is 1.44 bits per heavy atom. The molecule has 0 saturated heterocycles. The van der Waals surface area contributed by atoms with Crippen LogP contribution in [0.4, 0.5) is 0 Å². The van der Waals surface area contributed by atoms with Gasteiger partial charge in [-0.15, -0.1) is 0 Å². The summed E-state index contributed by atoms with van der Waals surface area (Å²) in [5.41, 5.74) is 1.24. The first-order valence-electron chi connectivity index (χ1n) is 2.91. The van der Waals surface area contributed by atoms with Crippen molar-refractivity contribution < 1.29 is 0 Å². The van der Waals surface area contributed by atoms with Crippen LogP contribution in [0, 0.1) is 0 Å². The van der Waals surface area contributed by atoms with Crippen LogP contribution in [0.25, 0.3) is 0 Å². The molecular weight excluding hydrogens is 128 g/mol. The molecule has 50 valence electrons.